The lowest BCUT2D eigenvalue weighted by molar-refractivity contribution is -0.0264. The third-order valence-electron chi connectivity index (χ3n) is 4.47. The number of nitrogens with zero attached hydrogens (tertiary/aromatic N) is 3. The van der Waals surface area contributed by atoms with Crippen molar-refractivity contribution in [3.63, 3.8) is 0 Å². The molecular weight excluding hydrogens is 256 g/mol. The van der Waals surface area contributed by atoms with Crippen molar-refractivity contribution in [2.24, 2.45) is 0 Å². The normalized spacial score (nSPS) is 32.4. The molecule has 2 heterocycles. The average Bonchev–Trinajstić information content (AvgIpc) is 2.97. The zero-order chi connectivity index (χ0) is 13.9. The van der Waals surface area contributed by atoms with E-state index in [9.17, 15) is 0 Å². The number of morpholine rings is 1. The van der Waals surface area contributed by atoms with Crippen LogP contribution in [0.2, 0.25) is 0 Å². The maximum absolute atomic E-state index is 5.75. The monoisotopic (exact) mass is 280 g/mol. The van der Waals surface area contributed by atoms with Crippen molar-refractivity contribution >= 4 is 0 Å². The quantitative estimate of drug-likeness (QED) is 0.901. The minimum Gasteiger partial charge on any atom is -0.367 e. The second kappa shape index (κ2) is 6.20. The molecule has 1 aliphatic heterocycles. The van der Waals surface area contributed by atoms with Gasteiger partial charge in [-0.1, -0.05) is 18.0 Å². The van der Waals surface area contributed by atoms with Gasteiger partial charge in [0.15, 0.2) is 0 Å². The minimum absolute atomic E-state index is 0.0529. The van der Waals surface area contributed by atoms with E-state index in [-0.39, 0.29) is 6.10 Å². The van der Waals surface area contributed by atoms with Crippen molar-refractivity contribution in [3.05, 3.63) is 11.7 Å². The number of hydrogen-bond donors (Lipinski definition) is 1. The largest absolute Gasteiger partial charge is 0.367 e. The molecule has 0 spiro atoms. The molecule has 0 amide bonds. The zero-order valence-corrected chi connectivity index (χ0v) is 12.3. The van der Waals surface area contributed by atoms with Crippen LogP contribution in [0.1, 0.15) is 49.4 Å². The first-order valence-electron chi connectivity index (χ1n) is 7.59. The Morgan fingerprint density at radius 1 is 1.30 bits per heavy atom. The van der Waals surface area contributed by atoms with Crippen molar-refractivity contribution < 1.29 is 9.26 Å². The molecule has 0 radical (unpaired) electrons. The van der Waals surface area contributed by atoms with Gasteiger partial charge in [-0.3, -0.25) is 0 Å². The molecule has 20 heavy (non-hydrogen) atoms. The molecule has 1 aliphatic carbocycles. The highest BCUT2D eigenvalue weighted by Crippen LogP contribution is 2.32. The molecule has 1 aromatic rings. The van der Waals surface area contributed by atoms with Gasteiger partial charge in [-0.15, -0.1) is 0 Å². The molecule has 3 rings (SSSR count). The maximum atomic E-state index is 5.75. The Kier molecular flexibility index (Phi) is 4.33. The third-order valence-corrected chi connectivity index (χ3v) is 4.47. The molecular formula is C14H24N4O2. The van der Waals surface area contributed by atoms with Gasteiger partial charge >= 0.3 is 0 Å². The van der Waals surface area contributed by atoms with Crippen molar-refractivity contribution in [1.82, 2.24) is 20.4 Å². The minimum atomic E-state index is -0.0529. The number of rotatable bonds is 3. The highest BCUT2D eigenvalue weighted by Gasteiger charge is 2.31. The van der Waals surface area contributed by atoms with Crippen molar-refractivity contribution in [2.75, 3.05) is 33.8 Å². The smallest absolute Gasteiger partial charge is 0.231 e. The van der Waals surface area contributed by atoms with Crippen molar-refractivity contribution in [3.8, 4) is 0 Å². The van der Waals surface area contributed by atoms with Crippen LogP contribution in [0.5, 0.6) is 0 Å². The summed E-state index contributed by atoms with van der Waals surface area (Å²) in [5, 5.41) is 7.53. The molecule has 1 aromatic heterocycles. The highest BCUT2D eigenvalue weighted by molar-refractivity contribution is 5.03. The second-order valence-corrected chi connectivity index (χ2v) is 5.90. The molecule has 3 atom stereocenters. The van der Waals surface area contributed by atoms with E-state index in [0.717, 1.165) is 32.0 Å². The van der Waals surface area contributed by atoms with Crippen LogP contribution in [0, 0.1) is 0 Å². The van der Waals surface area contributed by atoms with E-state index in [1.54, 1.807) is 0 Å². The Balaban J connectivity index is 1.72. The first-order valence-corrected chi connectivity index (χ1v) is 7.59. The van der Waals surface area contributed by atoms with E-state index in [1.165, 1.54) is 19.3 Å². The predicted octanol–water partition coefficient (Wildman–Crippen LogP) is 1.32. The maximum Gasteiger partial charge on any atom is 0.231 e. The fourth-order valence-electron chi connectivity index (χ4n) is 3.23. The number of hydrogen-bond acceptors (Lipinski definition) is 6. The average molecular weight is 280 g/mol. The van der Waals surface area contributed by atoms with E-state index in [2.05, 4.69) is 27.4 Å². The number of aromatic nitrogens is 2. The van der Waals surface area contributed by atoms with Crippen LogP contribution >= 0.6 is 0 Å². The lowest BCUT2D eigenvalue weighted by Gasteiger charge is -2.29. The molecule has 0 aromatic carbocycles. The summed E-state index contributed by atoms with van der Waals surface area (Å²) in [6.45, 7) is 2.53. The van der Waals surface area contributed by atoms with Crippen LogP contribution in [0.4, 0.5) is 0 Å². The van der Waals surface area contributed by atoms with Crippen LogP contribution in [0.3, 0.4) is 0 Å². The highest BCUT2D eigenvalue weighted by atomic mass is 16.5. The number of likely N-dealkylation sites (N-methyl/N-ethyl adjacent to an activating group) is 2. The van der Waals surface area contributed by atoms with Gasteiger partial charge < -0.3 is 19.5 Å². The summed E-state index contributed by atoms with van der Waals surface area (Å²) in [5.74, 6) is 1.82. The van der Waals surface area contributed by atoms with E-state index in [0.29, 0.717) is 17.8 Å². The van der Waals surface area contributed by atoms with E-state index < -0.39 is 0 Å². The molecule has 1 N–H and O–H groups in total. The molecule has 112 valence electrons. The van der Waals surface area contributed by atoms with Gasteiger partial charge in [0.25, 0.3) is 0 Å². The Hall–Kier alpha value is -0.980. The summed E-state index contributed by atoms with van der Waals surface area (Å²) in [4.78, 5) is 6.86. The summed E-state index contributed by atoms with van der Waals surface area (Å²) >= 11 is 0. The zero-order valence-electron chi connectivity index (χ0n) is 12.3. The van der Waals surface area contributed by atoms with Gasteiger partial charge in [0.1, 0.15) is 6.10 Å². The topological polar surface area (TPSA) is 63.4 Å². The van der Waals surface area contributed by atoms with E-state index >= 15 is 0 Å². The summed E-state index contributed by atoms with van der Waals surface area (Å²) < 4.78 is 11.3. The van der Waals surface area contributed by atoms with E-state index in [4.69, 9.17) is 9.26 Å². The van der Waals surface area contributed by atoms with Crippen molar-refractivity contribution in [2.45, 2.75) is 43.7 Å². The van der Waals surface area contributed by atoms with Crippen LogP contribution in [0.15, 0.2) is 4.52 Å². The summed E-state index contributed by atoms with van der Waals surface area (Å²) in [5.41, 5.74) is 0. The van der Waals surface area contributed by atoms with Crippen LogP contribution < -0.4 is 5.32 Å². The molecule has 2 aliphatic rings. The Morgan fingerprint density at radius 2 is 2.15 bits per heavy atom. The number of nitrogens with one attached hydrogen (secondary N) is 1. The van der Waals surface area contributed by atoms with Crippen molar-refractivity contribution in [1.29, 1.82) is 0 Å². The van der Waals surface area contributed by atoms with Gasteiger partial charge in [-0.25, -0.2) is 0 Å². The summed E-state index contributed by atoms with van der Waals surface area (Å²) in [6.07, 6.45) is 4.77. The van der Waals surface area contributed by atoms with Crippen LogP contribution in [0.25, 0.3) is 0 Å². The molecule has 1 saturated heterocycles. The SMILES string of the molecule is CNC1CCCCC1c1nc(C2CN(C)CCO2)no1. The first kappa shape index (κ1) is 14.0. The third kappa shape index (κ3) is 2.87. The molecule has 0 bridgehead atoms. The van der Waals surface area contributed by atoms with Crippen LogP contribution in [-0.4, -0.2) is 54.9 Å². The Morgan fingerprint density at radius 3 is 2.95 bits per heavy atom. The first-order chi connectivity index (χ1) is 9.78. The lowest BCUT2D eigenvalue weighted by Crippen LogP contribution is -2.36. The van der Waals surface area contributed by atoms with Gasteiger partial charge in [0.05, 0.1) is 12.5 Å². The fourth-order valence-corrected chi connectivity index (χ4v) is 3.23. The summed E-state index contributed by atoms with van der Waals surface area (Å²) in [7, 11) is 4.11. The molecule has 6 heteroatoms. The van der Waals surface area contributed by atoms with Crippen LogP contribution in [-0.2, 0) is 4.74 Å². The molecule has 1 saturated carbocycles. The Bertz CT molecular complexity index is 437. The fraction of sp³-hybridized carbons (Fsp3) is 0.857. The number of ether oxygens (including phenoxy) is 1. The molecule has 3 unspecified atom stereocenters. The Labute approximate surface area is 119 Å². The van der Waals surface area contributed by atoms with Gasteiger partial charge in [-0.2, -0.15) is 4.98 Å². The van der Waals surface area contributed by atoms with E-state index in [1.807, 2.05) is 7.05 Å². The summed E-state index contributed by atoms with van der Waals surface area (Å²) in [6, 6.07) is 0.451. The standard InChI is InChI=1S/C14H24N4O2/c1-15-11-6-4-3-5-10(11)14-16-13(17-20-14)12-9-18(2)7-8-19-12/h10-12,15H,3-9H2,1-2H3. The second-order valence-electron chi connectivity index (χ2n) is 5.90. The van der Waals surface area contributed by atoms with Gasteiger partial charge in [0.2, 0.25) is 11.7 Å². The van der Waals surface area contributed by atoms with Gasteiger partial charge in [-0.05, 0) is 26.9 Å². The molecule has 2 fully saturated rings. The van der Waals surface area contributed by atoms with Gasteiger partial charge in [0, 0.05) is 19.1 Å². The lowest BCUT2D eigenvalue weighted by atomic mass is 9.84. The predicted molar refractivity (Wildman–Crippen MR) is 74.5 cm³/mol. The molecule has 6 nitrogen and oxygen atoms in total.